The number of rotatable bonds is 6. The van der Waals surface area contributed by atoms with Crippen LogP contribution >= 0.6 is 23.2 Å². The number of pyridine rings is 1. The van der Waals surface area contributed by atoms with Gasteiger partial charge < -0.3 is 4.74 Å². The average molecular weight is 327 g/mol. The number of esters is 1. The summed E-state index contributed by atoms with van der Waals surface area (Å²) in [5.74, 6) is -0.393. The maximum atomic E-state index is 11.8. The van der Waals surface area contributed by atoms with E-state index in [1.54, 1.807) is 0 Å². The lowest BCUT2D eigenvalue weighted by Gasteiger charge is -2.06. The summed E-state index contributed by atoms with van der Waals surface area (Å²) in [7, 11) is -2.44. The normalized spacial score (nSPS) is 11.3. The molecular formula is C10H12Cl2N2O4S. The summed E-state index contributed by atoms with van der Waals surface area (Å²) in [6, 6.07) is 1.21. The number of nitrogens with zero attached hydrogens (tertiary/aromatic N) is 1. The highest BCUT2D eigenvalue weighted by molar-refractivity contribution is 7.89. The molecule has 0 aromatic carbocycles. The van der Waals surface area contributed by atoms with Crippen LogP contribution in [0, 0.1) is 0 Å². The Labute approximate surface area is 121 Å². The zero-order valence-corrected chi connectivity index (χ0v) is 12.3. The number of halogens is 2. The molecule has 0 saturated carbocycles. The largest absolute Gasteiger partial charge is 0.469 e. The fraction of sp³-hybridized carbons (Fsp3) is 0.400. The van der Waals surface area contributed by atoms with Gasteiger partial charge in [0.1, 0.15) is 10.0 Å². The molecule has 0 amide bonds. The number of methoxy groups -OCH3 is 1. The lowest BCUT2D eigenvalue weighted by molar-refractivity contribution is -0.140. The van der Waals surface area contributed by atoms with Crippen LogP contribution < -0.4 is 4.72 Å². The van der Waals surface area contributed by atoms with E-state index in [4.69, 9.17) is 23.2 Å². The SMILES string of the molecule is COC(=O)CCCNS(=O)(=O)c1cnc(Cl)c(Cl)c1. The molecular weight excluding hydrogens is 315 g/mol. The van der Waals surface area contributed by atoms with E-state index in [1.807, 2.05) is 0 Å². The first-order valence-electron chi connectivity index (χ1n) is 5.24. The maximum Gasteiger partial charge on any atom is 0.305 e. The summed E-state index contributed by atoms with van der Waals surface area (Å²) in [5.41, 5.74) is 0. The van der Waals surface area contributed by atoms with E-state index in [1.165, 1.54) is 13.2 Å². The van der Waals surface area contributed by atoms with Crippen LogP contribution in [0.2, 0.25) is 10.2 Å². The standard InChI is InChI=1S/C10H12Cl2N2O4S/c1-18-9(15)3-2-4-14-19(16,17)7-5-8(11)10(12)13-6-7/h5-6,14H,2-4H2,1H3. The number of hydrogen-bond acceptors (Lipinski definition) is 5. The predicted octanol–water partition coefficient (Wildman–Crippen LogP) is 1.62. The number of nitrogens with one attached hydrogen (secondary N) is 1. The fourth-order valence-electron chi connectivity index (χ4n) is 1.18. The molecule has 0 saturated heterocycles. The van der Waals surface area contributed by atoms with E-state index in [9.17, 15) is 13.2 Å². The molecule has 1 aromatic heterocycles. The molecule has 0 aliphatic carbocycles. The van der Waals surface area contributed by atoms with Gasteiger partial charge in [0, 0.05) is 19.2 Å². The van der Waals surface area contributed by atoms with Gasteiger partial charge in [0.05, 0.1) is 12.1 Å². The molecule has 0 atom stereocenters. The van der Waals surface area contributed by atoms with Crippen molar-refractivity contribution in [2.45, 2.75) is 17.7 Å². The van der Waals surface area contributed by atoms with Gasteiger partial charge in [-0.25, -0.2) is 18.1 Å². The van der Waals surface area contributed by atoms with E-state index in [2.05, 4.69) is 14.4 Å². The Morgan fingerprint density at radius 1 is 1.47 bits per heavy atom. The summed E-state index contributed by atoms with van der Waals surface area (Å²) in [5, 5.41) is 0.0883. The van der Waals surface area contributed by atoms with E-state index in [0.29, 0.717) is 6.42 Å². The van der Waals surface area contributed by atoms with Crippen molar-refractivity contribution in [1.82, 2.24) is 9.71 Å². The second kappa shape index (κ2) is 7.04. The van der Waals surface area contributed by atoms with E-state index < -0.39 is 16.0 Å². The van der Waals surface area contributed by atoms with Crippen LogP contribution in [0.4, 0.5) is 0 Å². The minimum Gasteiger partial charge on any atom is -0.469 e. The zero-order chi connectivity index (χ0) is 14.5. The lowest BCUT2D eigenvalue weighted by Crippen LogP contribution is -2.25. The first-order chi connectivity index (χ1) is 8.86. The van der Waals surface area contributed by atoms with E-state index in [-0.39, 0.29) is 28.0 Å². The van der Waals surface area contributed by atoms with Crippen molar-refractivity contribution in [3.63, 3.8) is 0 Å². The molecule has 0 unspecified atom stereocenters. The minimum absolute atomic E-state index is 0.0336. The predicted molar refractivity (Wildman–Crippen MR) is 70.7 cm³/mol. The maximum absolute atomic E-state index is 11.8. The number of carbonyl (C=O) groups is 1. The van der Waals surface area contributed by atoms with Crippen molar-refractivity contribution in [3.05, 3.63) is 22.4 Å². The molecule has 0 spiro atoms. The van der Waals surface area contributed by atoms with Crippen LogP contribution in [0.25, 0.3) is 0 Å². The number of hydrogen-bond donors (Lipinski definition) is 1. The molecule has 0 fully saturated rings. The third-order valence-corrected chi connectivity index (χ3v) is 4.27. The summed E-state index contributed by atoms with van der Waals surface area (Å²) in [6.07, 6.45) is 1.58. The van der Waals surface area contributed by atoms with Crippen LogP contribution in [-0.4, -0.2) is 33.0 Å². The van der Waals surface area contributed by atoms with Gasteiger partial charge in [-0.2, -0.15) is 0 Å². The van der Waals surface area contributed by atoms with Crippen molar-refractivity contribution in [2.75, 3.05) is 13.7 Å². The van der Waals surface area contributed by atoms with Gasteiger partial charge >= 0.3 is 5.97 Å². The molecule has 0 bridgehead atoms. The third kappa shape index (κ3) is 4.94. The lowest BCUT2D eigenvalue weighted by atomic mass is 10.3. The molecule has 19 heavy (non-hydrogen) atoms. The van der Waals surface area contributed by atoms with Crippen molar-refractivity contribution in [2.24, 2.45) is 0 Å². The molecule has 1 N–H and O–H groups in total. The molecule has 9 heteroatoms. The molecule has 6 nitrogen and oxygen atoms in total. The van der Waals surface area contributed by atoms with E-state index in [0.717, 1.165) is 6.20 Å². The summed E-state index contributed by atoms with van der Waals surface area (Å²) in [4.78, 5) is 14.4. The third-order valence-electron chi connectivity index (χ3n) is 2.16. The van der Waals surface area contributed by atoms with Crippen molar-refractivity contribution in [3.8, 4) is 0 Å². The van der Waals surface area contributed by atoms with Crippen LogP contribution in [0.1, 0.15) is 12.8 Å². The molecule has 106 valence electrons. The Hall–Kier alpha value is -0.890. The van der Waals surface area contributed by atoms with Crippen molar-refractivity contribution in [1.29, 1.82) is 0 Å². The second-order valence-electron chi connectivity index (χ2n) is 3.52. The number of aromatic nitrogens is 1. The number of ether oxygens (including phenoxy) is 1. The summed E-state index contributed by atoms with van der Waals surface area (Å²) >= 11 is 11.3. The molecule has 1 heterocycles. The second-order valence-corrected chi connectivity index (χ2v) is 6.05. The first kappa shape index (κ1) is 16.2. The Morgan fingerprint density at radius 3 is 2.74 bits per heavy atom. The Kier molecular flexibility index (Phi) is 5.99. The van der Waals surface area contributed by atoms with Gasteiger partial charge in [0.2, 0.25) is 10.0 Å². The van der Waals surface area contributed by atoms with Gasteiger partial charge in [-0.3, -0.25) is 4.79 Å². The van der Waals surface area contributed by atoms with Gasteiger partial charge in [-0.05, 0) is 12.5 Å². The van der Waals surface area contributed by atoms with Crippen molar-refractivity contribution < 1.29 is 17.9 Å². The summed E-state index contributed by atoms with van der Waals surface area (Å²) in [6.45, 7) is 0.109. The first-order valence-corrected chi connectivity index (χ1v) is 7.48. The average Bonchev–Trinajstić information content (AvgIpc) is 2.37. The van der Waals surface area contributed by atoms with E-state index >= 15 is 0 Å². The number of carbonyl (C=O) groups excluding carboxylic acids is 1. The van der Waals surface area contributed by atoms with Crippen LogP contribution in [-0.2, 0) is 19.6 Å². The highest BCUT2D eigenvalue weighted by atomic mass is 35.5. The monoisotopic (exact) mass is 326 g/mol. The Balaban J connectivity index is 2.61. The fourth-order valence-corrected chi connectivity index (χ4v) is 2.55. The highest BCUT2D eigenvalue weighted by Gasteiger charge is 2.15. The zero-order valence-electron chi connectivity index (χ0n) is 10.0. The molecule has 1 rings (SSSR count). The highest BCUT2D eigenvalue weighted by Crippen LogP contribution is 2.21. The Morgan fingerprint density at radius 2 is 2.16 bits per heavy atom. The molecule has 1 aromatic rings. The number of sulfonamides is 1. The van der Waals surface area contributed by atoms with Gasteiger partial charge in [0.15, 0.2) is 0 Å². The van der Waals surface area contributed by atoms with Crippen LogP contribution in [0.5, 0.6) is 0 Å². The van der Waals surface area contributed by atoms with Gasteiger partial charge in [-0.15, -0.1) is 0 Å². The molecule has 0 aliphatic heterocycles. The molecule has 0 aliphatic rings. The minimum atomic E-state index is -3.71. The summed E-state index contributed by atoms with van der Waals surface area (Å²) < 4.78 is 30.4. The smallest absolute Gasteiger partial charge is 0.305 e. The van der Waals surface area contributed by atoms with Gasteiger partial charge in [-0.1, -0.05) is 23.2 Å². The van der Waals surface area contributed by atoms with Crippen LogP contribution in [0.15, 0.2) is 17.2 Å². The Bertz CT molecular complexity index is 563. The molecule has 0 radical (unpaired) electrons. The van der Waals surface area contributed by atoms with Gasteiger partial charge in [0.25, 0.3) is 0 Å². The quantitative estimate of drug-likeness (QED) is 0.487. The van der Waals surface area contributed by atoms with Crippen LogP contribution in [0.3, 0.4) is 0 Å². The van der Waals surface area contributed by atoms with Crippen molar-refractivity contribution >= 4 is 39.2 Å². The topological polar surface area (TPSA) is 85.4 Å².